The second-order valence-electron chi connectivity index (χ2n) is 5.18. The van der Waals surface area contributed by atoms with Crippen molar-refractivity contribution in [3.63, 3.8) is 0 Å². The fourth-order valence-electron chi connectivity index (χ4n) is 1.36. The first-order valence-corrected chi connectivity index (χ1v) is 6.92. The predicted molar refractivity (Wildman–Crippen MR) is 55.4 cm³/mol. The van der Waals surface area contributed by atoms with Gasteiger partial charge in [-0.1, -0.05) is 20.8 Å². The van der Waals surface area contributed by atoms with Crippen LogP contribution in [0.5, 0.6) is 0 Å². The maximum atomic E-state index is 11.2. The molecule has 0 unspecified atom stereocenters. The number of halogens is 1. The van der Waals surface area contributed by atoms with E-state index in [0.29, 0.717) is 6.42 Å². The predicted octanol–water partition coefficient (Wildman–Crippen LogP) is 2.91. The first kappa shape index (κ1) is 11.3. The van der Waals surface area contributed by atoms with Crippen LogP contribution in [-0.4, -0.2) is 13.2 Å². The monoisotopic (exact) mass is 224 g/mol. The minimum absolute atomic E-state index is 0.192. The van der Waals surface area contributed by atoms with E-state index in [-0.39, 0.29) is 5.41 Å². The van der Waals surface area contributed by atoms with E-state index >= 15 is 0 Å². The zero-order valence-electron chi connectivity index (χ0n) is 8.43. The number of hydrogen-bond donors (Lipinski definition) is 0. The Morgan fingerprint density at radius 2 is 1.77 bits per heavy atom. The van der Waals surface area contributed by atoms with E-state index < -0.39 is 13.8 Å². The Morgan fingerprint density at radius 1 is 1.31 bits per heavy atom. The van der Waals surface area contributed by atoms with Crippen LogP contribution in [0, 0.1) is 5.41 Å². The van der Waals surface area contributed by atoms with Gasteiger partial charge in [-0.2, -0.15) is 0 Å². The first-order chi connectivity index (χ1) is 5.66. The minimum Gasteiger partial charge on any atom is -0.212 e. The molecule has 13 heavy (non-hydrogen) atoms. The van der Waals surface area contributed by atoms with Crippen LogP contribution in [0.25, 0.3) is 0 Å². The standard InChI is InChI=1S/C9H17ClO2S/c1-8(2,3)4-5-9(6-7-9)13(10,11)12/h4-7H2,1-3H3. The summed E-state index contributed by atoms with van der Waals surface area (Å²) in [5.41, 5.74) is 0.192. The molecule has 78 valence electrons. The topological polar surface area (TPSA) is 34.1 Å². The highest BCUT2D eigenvalue weighted by molar-refractivity contribution is 8.15. The highest BCUT2D eigenvalue weighted by atomic mass is 35.7. The SMILES string of the molecule is CC(C)(C)CCC1(S(=O)(=O)Cl)CC1. The van der Waals surface area contributed by atoms with Crippen molar-refractivity contribution in [1.29, 1.82) is 0 Å². The molecule has 4 heteroatoms. The second kappa shape index (κ2) is 3.13. The van der Waals surface area contributed by atoms with Gasteiger partial charge in [-0.05, 0) is 31.1 Å². The van der Waals surface area contributed by atoms with Gasteiger partial charge in [0.2, 0.25) is 9.05 Å². The molecule has 1 aliphatic rings. The molecule has 0 atom stereocenters. The molecule has 0 aliphatic heterocycles. The zero-order valence-corrected chi connectivity index (χ0v) is 10.0. The minimum atomic E-state index is -3.34. The van der Waals surface area contributed by atoms with E-state index in [1.807, 2.05) is 0 Å². The normalized spacial score (nSPS) is 21.5. The summed E-state index contributed by atoms with van der Waals surface area (Å²) in [7, 11) is 2.05. The van der Waals surface area contributed by atoms with E-state index in [1.54, 1.807) is 0 Å². The maximum Gasteiger partial charge on any atom is 0.238 e. The molecule has 0 N–H and O–H groups in total. The van der Waals surface area contributed by atoms with E-state index in [1.165, 1.54) is 0 Å². The lowest BCUT2D eigenvalue weighted by Gasteiger charge is -2.20. The summed E-state index contributed by atoms with van der Waals surface area (Å²) in [6, 6.07) is 0. The average Bonchev–Trinajstić information content (AvgIpc) is 2.58. The summed E-state index contributed by atoms with van der Waals surface area (Å²) in [4.78, 5) is 0. The van der Waals surface area contributed by atoms with Gasteiger partial charge in [0.1, 0.15) is 0 Å². The summed E-state index contributed by atoms with van der Waals surface area (Å²) in [5.74, 6) is 0. The van der Waals surface area contributed by atoms with Gasteiger partial charge in [-0.3, -0.25) is 0 Å². The Balaban J connectivity index is 2.56. The quantitative estimate of drug-likeness (QED) is 0.691. The fourth-order valence-corrected chi connectivity index (χ4v) is 2.99. The highest BCUT2D eigenvalue weighted by Gasteiger charge is 2.53. The van der Waals surface area contributed by atoms with Crippen LogP contribution < -0.4 is 0 Å². The molecule has 1 saturated carbocycles. The fraction of sp³-hybridized carbons (Fsp3) is 1.00. The lowest BCUT2D eigenvalue weighted by Crippen LogP contribution is -2.20. The van der Waals surface area contributed by atoms with Crippen molar-refractivity contribution < 1.29 is 8.42 Å². The molecule has 0 radical (unpaired) electrons. The third-order valence-corrected chi connectivity index (χ3v) is 5.28. The average molecular weight is 225 g/mol. The molecular weight excluding hydrogens is 208 g/mol. The van der Waals surface area contributed by atoms with Gasteiger partial charge in [0.15, 0.2) is 0 Å². The summed E-state index contributed by atoms with van der Waals surface area (Å²) < 4.78 is 21.8. The van der Waals surface area contributed by atoms with Gasteiger partial charge in [0.05, 0.1) is 4.75 Å². The van der Waals surface area contributed by atoms with Gasteiger partial charge < -0.3 is 0 Å². The summed E-state index contributed by atoms with van der Waals surface area (Å²) in [6.07, 6.45) is 3.12. The molecule has 0 saturated heterocycles. The van der Waals surface area contributed by atoms with Crippen LogP contribution in [0.15, 0.2) is 0 Å². The molecule has 0 spiro atoms. The van der Waals surface area contributed by atoms with Crippen molar-refractivity contribution in [2.45, 2.75) is 51.2 Å². The first-order valence-electron chi connectivity index (χ1n) is 4.61. The molecular formula is C9H17ClO2S. The molecule has 0 aromatic rings. The molecule has 2 nitrogen and oxygen atoms in total. The zero-order chi connectivity index (χ0) is 10.3. The van der Waals surface area contributed by atoms with Gasteiger partial charge in [-0.25, -0.2) is 8.42 Å². The van der Waals surface area contributed by atoms with Gasteiger partial charge in [0.25, 0.3) is 0 Å². The Kier molecular flexibility index (Phi) is 2.72. The Bertz CT molecular complexity index is 283. The van der Waals surface area contributed by atoms with Crippen molar-refractivity contribution in [3.05, 3.63) is 0 Å². The molecule has 0 amide bonds. The third-order valence-electron chi connectivity index (χ3n) is 2.66. The largest absolute Gasteiger partial charge is 0.238 e. The summed E-state index contributed by atoms with van der Waals surface area (Å²) in [5, 5.41) is 0. The molecule has 1 aliphatic carbocycles. The molecule has 0 aromatic carbocycles. The van der Waals surface area contributed by atoms with Crippen LogP contribution in [-0.2, 0) is 9.05 Å². The van der Waals surface area contributed by atoms with Crippen LogP contribution in [0.1, 0.15) is 46.5 Å². The van der Waals surface area contributed by atoms with Gasteiger partial charge in [-0.15, -0.1) is 0 Å². The molecule has 0 bridgehead atoms. The Labute approximate surface area is 85.1 Å². The molecule has 0 aromatic heterocycles. The summed E-state index contributed by atoms with van der Waals surface area (Å²) >= 11 is 0. The Hall–Kier alpha value is 0.240. The molecule has 1 fully saturated rings. The van der Waals surface area contributed by atoms with Crippen molar-refractivity contribution in [1.82, 2.24) is 0 Å². The van der Waals surface area contributed by atoms with E-state index in [9.17, 15) is 8.42 Å². The lowest BCUT2D eigenvalue weighted by atomic mass is 9.89. The van der Waals surface area contributed by atoms with Crippen LogP contribution >= 0.6 is 10.7 Å². The van der Waals surface area contributed by atoms with Crippen LogP contribution in [0.2, 0.25) is 0 Å². The second-order valence-corrected chi connectivity index (χ2v) is 8.14. The van der Waals surface area contributed by atoms with E-state index in [0.717, 1.165) is 19.3 Å². The van der Waals surface area contributed by atoms with Crippen molar-refractivity contribution in [2.24, 2.45) is 5.41 Å². The van der Waals surface area contributed by atoms with E-state index in [4.69, 9.17) is 10.7 Å². The Morgan fingerprint density at radius 3 is 2.00 bits per heavy atom. The number of rotatable bonds is 3. The maximum absolute atomic E-state index is 11.2. The van der Waals surface area contributed by atoms with Crippen LogP contribution in [0.3, 0.4) is 0 Å². The van der Waals surface area contributed by atoms with Crippen molar-refractivity contribution >= 4 is 19.7 Å². The highest BCUT2D eigenvalue weighted by Crippen LogP contribution is 2.50. The van der Waals surface area contributed by atoms with E-state index in [2.05, 4.69) is 20.8 Å². The van der Waals surface area contributed by atoms with Crippen molar-refractivity contribution in [2.75, 3.05) is 0 Å². The van der Waals surface area contributed by atoms with Crippen molar-refractivity contribution in [3.8, 4) is 0 Å². The third kappa shape index (κ3) is 2.84. The van der Waals surface area contributed by atoms with Crippen LogP contribution in [0.4, 0.5) is 0 Å². The number of hydrogen-bond acceptors (Lipinski definition) is 2. The molecule has 1 rings (SSSR count). The van der Waals surface area contributed by atoms with Gasteiger partial charge >= 0.3 is 0 Å². The summed E-state index contributed by atoms with van der Waals surface area (Å²) in [6.45, 7) is 6.35. The smallest absolute Gasteiger partial charge is 0.212 e. The lowest BCUT2D eigenvalue weighted by molar-refractivity contribution is 0.358. The van der Waals surface area contributed by atoms with Gasteiger partial charge in [0, 0.05) is 10.7 Å². The molecule has 0 heterocycles.